The standard InChI is InChI=1S/C17H26N2O4S/c1-3-4-9-18(2)24(20,21)19-10-5-6-15(19)14-7-8-16-17(13-14)23-12-11-22-16/h7-8,13,15H,3-6,9-12H2,1-2H3. The summed E-state index contributed by atoms with van der Waals surface area (Å²) in [4.78, 5) is 0. The molecule has 0 amide bonds. The van der Waals surface area contributed by atoms with E-state index in [1.165, 1.54) is 4.31 Å². The molecule has 24 heavy (non-hydrogen) atoms. The largest absolute Gasteiger partial charge is 0.486 e. The Bertz CT molecular complexity index is 677. The second-order valence-electron chi connectivity index (χ2n) is 6.35. The van der Waals surface area contributed by atoms with Gasteiger partial charge in [-0.25, -0.2) is 0 Å². The predicted molar refractivity (Wildman–Crippen MR) is 92.6 cm³/mol. The Morgan fingerprint density at radius 2 is 2.00 bits per heavy atom. The fraction of sp³-hybridized carbons (Fsp3) is 0.647. The third-order valence-corrected chi connectivity index (χ3v) is 6.67. The van der Waals surface area contributed by atoms with Gasteiger partial charge in [0, 0.05) is 20.1 Å². The van der Waals surface area contributed by atoms with E-state index in [0.29, 0.717) is 32.1 Å². The third-order valence-electron chi connectivity index (χ3n) is 4.67. The van der Waals surface area contributed by atoms with Crippen molar-refractivity contribution in [1.82, 2.24) is 8.61 Å². The molecule has 1 aromatic carbocycles. The van der Waals surface area contributed by atoms with Gasteiger partial charge in [0.25, 0.3) is 10.2 Å². The maximum atomic E-state index is 12.9. The van der Waals surface area contributed by atoms with Crippen molar-refractivity contribution in [1.29, 1.82) is 0 Å². The van der Waals surface area contributed by atoms with Crippen LogP contribution in [0.1, 0.15) is 44.2 Å². The van der Waals surface area contributed by atoms with Crippen molar-refractivity contribution in [3.05, 3.63) is 23.8 Å². The Morgan fingerprint density at radius 1 is 1.25 bits per heavy atom. The maximum Gasteiger partial charge on any atom is 0.282 e. The number of rotatable bonds is 6. The highest BCUT2D eigenvalue weighted by Crippen LogP contribution is 2.39. The van der Waals surface area contributed by atoms with Gasteiger partial charge in [-0.05, 0) is 37.0 Å². The number of nitrogens with zero attached hydrogens (tertiary/aromatic N) is 2. The zero-order chi connectivity index (χ0) is 17.2. The number of unbranched alkanes of at least 4 members (excludes halogenated alkanes) is 1. The smallest absolute Gasteiger partial charge is 0.282 e. The van der Waals surface area contributed by atoms with Crippen molar-refractivity contribution in [3.63, 3.8) is 0 Å². The van der Waals surface area contributed by atoms with E-state index in [0.717, 1.165) is 37.0 Å². The molecule has 2 aliphatic rings. The minimum absolute atomic E-state index is 0.130. The van der Waals surface area contributed by atoms with Crippen molar-refractivity contribution in [2.75, 3.05) is 33.4 Å². The quantitative estimate of drug-likeness (QED) is 0.788. The summed E-state index contributed by atoms with van der Waals surface area (Å²) in [5, 5.41) is 0. The Morgan fingerprint density at radius 3 is 2.75 bits per heavy atom. The van der Waals surface area contributed by atoms with Gasteiger partial charge >= 0.3 is 0 Å². The molecule has 7 heteroatoms. The van der Waals surface area contributed by atoms with Gasteiger partial charge < -0.3 is 9.47 Å². The van der Waals surface area contributed by atoms with Crippen LogP contribution in [0, 0.1) is 0 Å². The zero-order valence-corrected chi connectivity index (χ0v) is 15.2. The van der Waals surface area contributed by atoms with E-state index >= 15 is 0 Å². The Balaban J connectivity index is 1.83. The SMILES string of the molecule is CCCCN(C)S(=O)(=O)N1CCCC1c1ccc2c(c1)OCCO2. The highest BCUT2D eigenvalue weighted by Gasteiger charge is 2.37. The lowest BCUT2D eigenvalue weighted by Crippen LogP contribution is -2.41. The van der Waals surface area contributed by atoms with Gasteiger partial charge in [-0.2, -0.15) is 17.0 Å². The van der Waals surface area contributed by atoms with Crippen molar-refractivity contribution in [2.45, 2.75) is 38.6 Å². The van der Waals surface area contributed by atoms with Gasteiger partial charge in [-0.3, -0.25) is 0 Å². The van der Waals surface area contributed by atoms with Crippen molar-refractivity contribution in [2.24, 2.45) is 0 Å². The Labute approximate surface area is 144 Å². The number of benzene rings is 1. The Kier molecular flexibility index (Phi) is 5.32. The predicted octanol–water partition coefficient (Wildman–Crippen LogP) is 2.57. The summed E-state index contributed by atoms with van der Waals surface area (Å²) in [5.41, 5.74) is 0.976. The van der Waals surface area contributed by atoms with Crippen molar-refractivity contribution >= 4 is 10.2 Å². The molecule has 2 aliphatic heterocycles. The molecule has 0 aromatic heterocycles. The van der Waals surface area contributed by atoms with Gasteiger partial charge in [0.15, 0.2) is 11.5 Å². The van der Waals surface area contributed by atoms with E-state index in [9.17, 15) is 8.42 Å². The summed E-state index contributed by atoms with van der Waals surface area (Å²) in [6.07, 6.45) is 3.56. The van der Waals surface area contributed by atoms with Crippen LogP contribution in [0.5, 0.6) is 11.5 Å². The minimum atomic E-state index is -3.43. The lowest BCUT2D eigenvalue weighted by atomic mass is 10.0. The molecule has 1 saturated heterocycles. The van der Waals surface area contributed by atoms with Crippen LogP contribution in [0.25, 0.3) is 0 Å². The second kappa shape index (κ2) is 7.29. The molecule has 0 spiro atoms. The van der Waals surface area contributed by atoms with Crippen LogP contribution in [-0.2, 0) is 10.2 Å². The van der Waals surface area contributed by atoms with Crippen LogP contribution in [0.3, 0.4) is 0 Å². The molecule has 2 heterocycles. The first-order valence-electron chi connectivity index (χ1n) is 8.66. The van der Waals surface area contributed by atoms with Crippen LogP contribution in [-0.4, -0.2) is 50.4 Å². The van der Waals surface area contributed by atoms with Gasteiger partial charge in [-0.15, -0.1) is 0 Å². The van der Waals surface area contributed by atoms with Crippen molar-refractivity contribution < 1.29 is 17.9 Å². The fourth-order valence-corrected chi connectivity index (χ4v) is 4.92. The first kappa shape index (κ1) is 17.5. The topological polar surface area (TPSA) is 59.1 Å². The van der Waals surface area contributed by atoms with Crippen LogP contribution in [0.2, 0.25) is 0 Å². The first-order valence-corrected chi connectivity index (χ1v) is 10.1. The molecule has 0 saturated carbocycles. The van der Waals surface area contributed by atoms with Crippen LogP contribution < -0.4 is 9.47 Å². The fourth-order valence-electron chi connectivity index (χ4n) is 3.29. The number of hydrogen-bond acceptors (Lipinski definition) is 4. The number of fused-ring (bicyclic) bond motifs is 1. The lowest BCUT2D eigenvalue weighted by molar-refractivity contribution is 0.171. The number of hydrogen-bond donors (Lipinski definition) is 0. The summed E-state index contributed by atoms with van der Waals surface area (Å²) in [7, 11) is -1.76. The zero-order valence-electron chi connectivity index (χ0n) is 14.4. The van der Waals surface area contributed by atoms with E-state index in [2.05, 4.69) is 6.92 Å². The summed E-state index contributed by atoms with van der Waals surface area (Å²) < 4.78 is 40.1. The van der Waals surface area contributed by atoms with Crippen LogP contribution in [0.15, 0.2) is 18.2 Å². The maximum absolute atomic E-state index is 12.9. The molecule has 1 atom stereocenters. The van der Waals surface area contributed by atoms with Gasteiger partial charge in [0.2, 0.25) is 0 Å². The molecule has 1 fully saturated rings. The van der Waals surface area contributed by atoms with E-state index in [4.69, 9.17) is 9.47 Å². The molecule has 0 radical (unpaired) electrons. The first-order chi connectivity index (χ1) is 11.5. The van der Waals surface area contributed by atoms with E-state index < -0.39 is 10.2 Å². The average Bonchev–Trinajstić information content (AvgIpc) is 3.09. The Hall–Kier alpha value is -1.31. The molecular formula is C17H26N2O4S. The molecule has 0 aliphatic carbocycles. The van der Waals surface area contributed by atoms with E-state index in [1.54, 1.807) is 11.4 Å². The molecule has 134 valence electrons. The summed E-state index contributed by atoms with van der Waals surface area (Å²) in [5.74, 6) is 1.44. The summed E-state index contributed by atoms with van der Waals surface area (Å²) in [6.45, 7) is 4.27. The van der Waals surface area contributed by atoms with Crippen molar-refractivity contribution in [3.8, 4) is 11.5 Å². The van der Waals surface area contributed by atoms with E-state index in [1.807, 2.05) is 18.2 Å². The molecule has 1 aromatic rings. The monoisotopic (exact) mass is 354 g/mol. The van der Waals surface area contributed by atoms with Gasteiger partial charge in [-0.1, -0.05) is 19.4 Å². The lowest BCUT2D eigenvalue weighted by Gasteiger charge is -2.29. The molecule has 0 N–H and O–H groups in total. The average molecular weight is 354 g/mol. The highest BCUT2D eigenvalue weighted by molar-refractivity contribution is 7.86. The number of ether oxygens (including phenoxy) is 2. The van der Waals surface area contributed by atoms with Gasteiger partial charge in [0.1, 0.15) is 13.2 Å². The summed E-state index contributed by atoms with van der Waals surface area (Å²) in [6, 6.07) is 5.64. The molecule has 0 bridgehead atoms. The molecule has 3 rings (SSSR count). The highest BCUT2D eigenvalue weighted by atomic mass is 32.2. The summed E-state index contributed by atoms with van der Waals surface area (Å²) >= 11 is 0. The van der Waals surface area contributed by atoms with Crippen LogP contribution in [0.4, 0.5) is 0 Å². The van der Waals surface area contributed by atoms with E-state index in [-0.39, 0.29) is 6.04 Å². The second-order valence-corrected chi connectivity index (χ2v) is 8.34. The normalized spacial score (nSPS) is 21.4. The third kappa shape index (κ3) is 3.38. The molecule has 6 nitrogen and oxygen atoms in total. The van der Waals surface area contributed by atoms with Gasteiger partial charge in [0.05, 0.1) is 6.04 Å². The molecule has 1 unspecified atom stereocenters. The minimum Gasteiger partial charge on any atom is -0.486 e. The molecular weight excluding hydrogens is 328 g/mol. The van der Waals surface area contributed by atoms with Crippen LogP contribution >= 0.6 is 0 Å².